The minimum Gasteiger partial charge on any atom is -0.307 e. The van der Waals surface area contributed by atoms with Crippen molar-refractivity contribution < 1.29 is 0 Å². The van der Waals surface area contributed by atoms with Crippen LogP contribution in [0.2, 0.25) is 0 Å². The van der Waals surface area contributed by atoms with Crippen LogP contribution in [0.4, 0.5) is 0 Å². The van der Waals surface area contributed by atoms with Gasteiger partial charge in [-0.3, -0.25) is 0 Å². The molecule has 2 heteroatoms. The lowest BCUT2D eigenvalue weighted by atomic mass is 10.1. The largest absolute Gasteiger partial charge is 0.307 e. The molecule has 1 nitrogen and oxygen atoms in total. The molecule has 0 aliphatic heterocycles. The smallest absolute Gasteiger partial charge is 0.0416 e. The Hall–Kier alpha value is -0.340. The molecule has 0 amide bonds. The first kappa shape index (κ1) is 11.7. The van der Waals surface area contributed by atoms with Crippen LogP contribution in [0.1, 0.15) is 51.0 Å². The summed E-state index contributed by atoms with van der Waals surface area (Å²) >= 11 is 1.86. The van der Waals surface area contributed by atoms with Gasteiger partial charge in [0.05, 0.1) is 0 Å². The number of hydrogen-bond acceptors (Lipinski definition) is 2. The quantitative estimate of drug-likeness (QED) is 0.750. The third-order valence-corrected chi connectivity index (χ3v) is 3.55. The molecule has 1 rings (SSSR count). The fourth-order valence-electron chi connectivity index (χ4n) is 1.55. The van der Waals surface area contributed by atoms with Crippen molar-refractivity contribution in [3.8, 4) is 0 Å². The topological polar surface area (TPSA) is 12.0 Å². The number of thiophene rings is 1. The summed E-state index contributed by atoms with van der Waals surface area (Å²) in [5, 5.41) is 5.84. The van der Waals surface area contributed by atoms with Crippen LogP contribution in [-0.4, -0.2) is 6.04 Å². The van der Waals surface area contributed by atoms with Gasteiger partial charge in [-0.1, -0.05) is 26.3 Å². The van der Waals surface area contributed by atoms with Gasteiger partial charge >= 0.3 is 0 Å². The third-order valence-electron chi connectivity index (χ3n) is 2.56. The zero-order valence-electron chi connectivity index (χ0n) is 9.42. The van der Waals surface area contributed by atoms with Crippen LogP contribution in [0.15, 0.2) is 17.5 Å². The Bertz CT molecular complexity index is 230. The Morgan fingerprint density at radius 1 is 1.43 bits per heavy atom. The van der Waals surface area contributed by atoms with Gasteiger partial charge in [0, 0.05) is 17.0 Å². The average molecular weight is 211 g/mol. The van der Waals surface area contributed by atoms with Crippen LogP contribution in [0.5, 0.6) is 0 Å². The molecule has 1 aromatic heterocycles. The molecule has 0 aromatic carbocycles. The predicted molar refractivity (Wildman–Crippen MR) is 64.9 cm³/mol. The summed E-state index contributed by atoms with van der Waals surface area (Å²) in [6.45, 7) is 6.74. The lowest BCUT2D eigenvalue weighted by Crippen LogP contribution is -2.29. The molecule has 2 unspecified atom stereocenters. The second kappa shape index (κ2) is 6.20. The normalized spacial score (nSPS) is 15.4. The SMILES string of the molecule is CCCC(NC(C)CC)c1cccs1. The fraction of sp³-hybridized carbons (Fsp3) is 0.667. The van der Waals surface area contributed by atoms with Crippen molar-refractivity contribution in [3.63, 3.8) is 0 Å². The summed E-state index contributed by atoms with van der Waals surface area (Å²) in [5.74, 6) is 0. The monoisotopic (exact) mass is 211 g/mol. The Morgan fingerprint density at radius 2 is 2.21 bits per heavy atom. The van der Waals surface area contributed by atoms with Crippen LogP contribution in [0.3, 0.4) is 0 Å². The Kier molecular flexibility index (Phi) is 5.20. The van der Waals surface area contributed by atoms with Crippen LogP contribution in [0.25, 0.3) is 0 Å². The van der Waals surface area contributed by atoms with Crippen LogP contribution in [0, 0.1) is 0 Å². The third kappa shape index (κ3) is 3.43. The highest BCUT2D eigenvalue weighted by atomic mass is 32.1. The maximum atomic E-state index is 3.68. The van der Waals surface area contributed by atoms with E-state index >= 15 is 0 Å². The van der Waals surface area contributed by atoms with Gasteiger partial charge in [0.25, 0.3) is 0 Å². The zero-order valence-corrected chi connectivity index (χ0v) is 10.2. The Balaban J connectivity index is 2.55. The van der Waals surface area contributed by atoms with Crippen molar-refractivity contribution in [2.45, 2.75) is 52.1 Å². The predicted octanol–water partition coefficient (Wildman–Crippen LogP) is 3.98. The molecule has 0 aliphatic carbocycles. The van der Waals surface area contributed by atoms with Gasteiger partial charge in [0.15, 0.2) is 0 Å². The van der Waals surface area contributed by atoms with Crippen molar-refractivity contribution in [1.82, 2.24) is 5.32 Å². The van der Waals surface area contributed by atoms with Gasteiger partial charge in [-0.15, -0.1) is 11.3 Å². The van der Waals surface area contributed by atoms with Gasteiger partial charge in [-0.05, 0) is 31.2 Å². The maximum absolute atomic E-state index is 3.68. The van der Waals surface area contributed by atoms with E-state index in [1.54, 1.807) is 0 Å². The van der Waals surface area contributed by atoms with Gasteiger partial charge in [0.1, 0.15) is 0 Å². The molecule has 14 heavy (non-hydrogen) atoms. The van der Waals surface area contributed by atoms with E-state index in [0.717, 1.165) is 0 Å². The highest BCUT2D eigenvalue weighted by Crippen LogP contribution is 2.23. The fourth-order valence-corrected chi connectivity index (χ4v) is 2.37. The standard InChI is InChI=1S/C12H21NS/c1-4-7-11(13-10(3)5-2)12-8-6-9-14-12/h6,8-11,13H,4-5,7H2,1-3H3. The van der Waals surface area contributed by atoms with Crippen molar-refractivity contribution in [2.75, 3.05) is 0 Å². The summed E-state index contributed by atoms with van der Waals surface area (Å²) < 4.78 is 0. The van der Waals surface area contributed by atoms with E-state index in [2.05, 4.69) is 43.6 Å². The number of nitrogens with one attached hydrogen (secondary N) is 1. The lowest BCUT2D eigenvalue weighted by molar-refractivity contribution is 0.428. The molecular weight excluding hydrogens is 190 g/mol. The first-order valence-electron chi connectivity index (χ1n) is 5.57. The zero-order chi connectivity index (χ0) is 10.4. The van der Waals surface area contributed by atoms with Crippen molar-refractivity contribution in [3.05, 3.63) is 22.4 Å². The number of hydrogen-bond donors (Lipinski definition) is 1. The minimum atomic E-state index is 0.565. The van der Waals surface area contributed by atoms with Gasteiger partial charge in [0.2, 0.25) is 0 Å². The second-order valence-corrected chi connectivity index (χ2v) is 4.81. The summed E-state index contributed by atoms with van der Waals surface area (Å²) in [6, 6.07) is 5.56. The van der Waals surface area contributed by atoms with Crippen molar-refractivity contribution in [2.24, 2.45) is 0 Å². The minimum absolute atomic E-state index is 0.565. The molecule has 0 spiro atoms. The van der Waals surface area contributed by atoms with E-state index in [-0.39, 0.29) is 0 Å². The summed E-state index contributed by atoms with van der Waals surface area (Å²) in [7, 11) is 0. The van der Waals surface area contributed by atoms with Crippen LogP contribution < -0.4 is 5.32 Å². The molecule has 80 valence electrons. The molecule has 0 saturated carbocycles. The first-order chi connectivity index (χ1) is 6.77. The molecule has 0 saturated heterocycles. The lowest BCUT2D eigenvalue weighted by Gasteiger charge is -2.21. The van der Waals surface area contributed by atoms with Crippen LogP contribution in [-0.2, 0) is 0 Å². The molecule has 1 N–H and O–H groups in total. The highest BCUT2D eigenvalue weighted by molar-refractivity contribution is 7.10. The van der Waals surface area contributed by atoms with Gasteiger partial charge < -0.3 is 5.32 Å². The van der Waals surface area contributed by atoms with Crippen LogP contribution >= 0.6 is 11.3 Å². The van der Waals surface area contributed by atoms with Gasteiger partial charge in [-0.2, -0.15) is 0 Å². The Morgan fingerprint density at radius 3 is 2.71 bits per heavy atom. The average Bonchev–Trinajstić information content (AvgIpc) is 2.69. The van der Waals surface area contributed by atoms with E-state index in [4.69, 9.17) is 0 Å². The van der Waals surface area contributed by atoms with E-state index in [0.29, 0.717) is 12.1 Å². The highest BCUT2D eigenvalue weighted by Gasteiger charge is 2.12. The molecule has 0 fully saturated rings. The van der Waals surface area contributed by atoms with E-state index in [1.165, 1.54) is 24.1 Å². The van der Waals surface area contributed by atoms with E-state index in [9.17, 15) is 0 Å². The summed E-state index contributed by atoms with van der Waals surface area (Å²) in [4.78, 5) is 1.48. The molecule has 1 heterocycles. The number of rotatable bonds is 6. The van der Waals surface area contributed by atoms with E-state index < -0.39 is 0 Å². The van der Waals surface area contributed by atoms with Crippen molar-refractivity contribution >= 4 is 11.3 Å². The maximum Gasteiger partial charge on any atom is 0.0416 e. The first-order valence-corrected chi connectivity index (χ1v) is 6.45. The van der Waals surface area contributed by atoms with Crippen molar-refractivity contribution in [1.29, 1.82) is 0 Å². The summed E-state index contributed by atoms with van der Waals surface area (Å²) in [5.41, 5.74) is 0. The molecular formula is C12H21NS. The molecule has 0 radical (unpaired) electrons. The van der Waals surface area contributed by atoms with E-state index in [1.807, 2.05) is 11.3 Å². The molecule has 0 bridgehead atoms. The molecule has 0 aliphatic rings. The van der Waals surface area contributed by atoms with Gasteiger partial charge in [-0.25, -0.2) is 0 Å². The molecule has 2 atom stereocenters. The second-order valence-electron chi connectivity index (χ2n) is 3.83. The Labute approximate surface area is 91.5 Å². The summed E-state index contributed by atoms with van der Waals surface area (Å²) in [6.07, 6.45) is 3.68. The molecule has 1 aromatic rings.